The molecule has 2 nitrogen and oxygen atoms in total. The van der Waals surface area contributed by atoms with Gasteiger partial charge in [-0.2, -0.15) is 0 Å². The number of hydrogen-bond acceptors (Lipinski definition) is 2. The molecule has 0 bridgehead atoms. The lowest BCUT2D eigenvalue weighted by atomic mass is 9.89. The fourth-order valence-corrected chi connectivity index (χ4v) is 0.945. The van der Waals surface area contributed by atoms with Gasteiger partial charge in [0.05, 0.1) is 12.1 Å². The molecule has 1 atom stereocenters. The minimum atomic E-state index is 0.00176. The van der Waals surface area contributed by atoms with Crippen LogP contribution in [0, 0.1) is 5.92 Å². The first-order valence-corrected chi connectivity index (χ1v) is 3.91. The summed E-state index contributed by atoms with van der Waals surface area (Å²) in [6.07, 6.45) is 1.66. The number of ether oxygens (including phenoxy) is 1. The van der Waals surface area contributed by atoms with Crippen LogP contribution in [0.1, 0.15) is 20.8 Å². The first-order chi connectivity index (χ1) is 5.06. The Kier molecular flexibility index (Phi) is 2.03. The highest BCUT2D eigenvalue weighted by molar-refractivity contribution is 5.87. The molecule has 0 saturated heterocycles. The van der Waals surface area contributed by atoms with Gasteiger partial charge < -0.3 is 4.74 Å². The lowest BCUT2D eigenvalue weighted by molar-refractivity contribution is 0.164. The molecule has 0 N–H and O–H groups in total. The molecule has 2 heteroatoms. The van der Waals surface area contributed by atoms with Crippen molar-refractivity contribution in [3.05, 3.63) is 12.7 Å². The van der Waals surface area contributed by atoms with Gasteiger partial charge in [-0.05, 0) is 19.9 Å². The van der Waals surface area contributed by atoms with Crippen molar-refractivity contribution in [1.82, 2.24) is 0 Å². The van der Waals surface area contributed by atoms with Crippen molar-refractivity contribution in [2.45, 2.75) is 26.3 Å². The maximum atomic E-state index is 5.31. The van der Waals surface area contributed by atoms with Crippen LogP contribution in [0.15, 0.2) is 17.6 Å². The molecule has 0 aliphatic carbocycles. The fraction of sp³-hybridized carbons (Fsp3) is 0.667. The first-order valence-electron chi connectivity index (χ1n) is 3.91. The van der Waals surface area contributed by atoms with Crippen LogP contribution in [0.2, 0.25) is 0 Å². The van der Waals surface area contributed by atoms with Gasteiger partial charge in [-0.3, -0.25) is 0 Å². The smallest absolute Gasteiger partial charge is 0.208 e. The molecule has 0 amide bonds. The maximum absolute atomic E-state index is 5.31. The summed E-state index contributed by atoms with van der Waals surface area (Å²) in [5.41, 5.74) is 0.00176. The summed E-state index contributed by atoms with van der Waals surface area (Å²) in [7, 11) is 0. The van der Waals surface area contributed by atoms with Crippen molar-refractivity contribution < 1.29 is 4.74 Å². The SMILES string of the molecule is C=CC1=NC(C)(C)C(C)CO1. The van der Waals surface area contributed by atoms with Crippen LogP contribution in [0.25, 0.3) is 0 Å². The molecule has 0 aromatic carbocycles. The van der Waals surface area contributed by atoms with Gasteiger partial charge in [0.25, 0.3) is 0 Å². The van der Waals surface area contributed by atoms with E-state index in [-0.39, 0.29) is 5.54 Å². The van der Waals surface area contributed by atoms with Crippen molar-refractivity contribution in [2.75, 3.05) is 6.61 Å². The highest BCUT2D eigenvalue weighted by atomic mass is 16.5. The second-order valence-electron chi connectivity index (χ2n) is 3.52. The predicted octanol–water partition coefficient (Wildman–Crippen LogP) is 2.02. The molecule has 1 aliphatic heterocycles. The first kappa shape index (κ1) is 8.31. The van der Waals surface area contributed by atoms with Gasteiger partial charge in [-0.1, -0.05) is 13.5 Å². The predicted molar refractivity (Wildman–Crippen MR) is 46.8 cm³/mol. The highest BCUT2D eigenvalue weighted by Crippen LogP contribution is 2.25. The van der Waals surface area contributed by atoms with E-state index in [0.717, 1.165) is 6.61 Å². The standard InChI is InChI=1S/C9H15NO/c1-5-8-10-9(3,4)7(2)6-11-8/h5,7H,1,6H2,2-4H3. The van der Waals surface area contributed by atoms with E-state index in [1.165, 1.54) is 0 Å². The minimum Gasteiger partial charge on any atom is -0.478 e. The zero-order chi connectivity index (χ0) is 8.48. The van der Waals surface area contributed by atoms with Crippen molar-refractivity contribution in [3.63, 3.8) is 0 Å². The highest BCUT2D eigenvalue weighted by Gasteiger charge is 2.29. The monoisotopic (exact) mass is 153 g/mol. The van der Waals surface area contributed by atoms with Gasteiger partial charge in [0.15, 0.2) is 0 Å². The molecule has 11 heavy (non-hydrogen) atoms. The Morgan fingerprint density at radius 1 is 1.73 bits per heavy atom. The number of nitrogens with zero attached hydrogens (tertiary/aromatic N) is 1. The summed E-state index contributed by atoms with van der Waals surface area (Å²) in [5.74, 6) is 1.15. The van der Waals surface area contributed by atoms with Crippen LogP contribution in [-0.4, -0.2) is 18.0 Å². The average Bonchev–Trinajstić information content (AvgIpc) is 1.95. The van der Waals surface area contributed by atoms with Gasteiger partial charge in [0, 0.05) is 5.92 Å². The quantitative estimate of drug-likeness (QED) is 0.564. The van der Waals surface area contributed by atoms with Crippen LogP contribution in [0.3, 0.4) is 0 Å². The Balaban J connectivity index is 2.84. The molecular weight excluding hydrogens is 138 g/mol. The van der Waals surface area contributed by atoms with Gasteiger partial charge in [0.2, 0.25) is 5.90 Å². The largest absolute Gasteiger partial charge is 0.478 e. The summed E-state index contributed by atoms with van der Waals surface area (Å²) in [6.45, 7) is 10.7. The summed E-state index contributed by atoms with van der Waals surface area (Å²) in [4.78, 5) is 4.39. The average molecular weight is 153 g/mol. The van der Waals surface area contributed by atoms with Crippen molar-refractivity contribution in [3.8, 4) is 0 Å². The summed E-state index contributed by atoms with van der Waals surface area (Å²) < 4.78 is 5.31. The Bertz CT molecular complexity index is 194. The van der Waals surface area contributed by atoms with Crippen molar-refractivity contribution in [1.29, 1.82) is 0 Å². The third kappa shape index (κ3) is 1.62. The van der Waals surface area contributed by atoms with Crippen molar-refractivity contribution in [2.24, 2.45) is 10.9 Å². The van der Waals surface area contributed by atoms with Crippen LogP contribution in [0.5, 0.6) is 0 Å². The van der Waals surface area contributed by atoms with E-state index < -0.39 is 0 Å². The van der Waals surface area contributed by atoms with E-state index in [9.17, 15) is 0 Å². The lowest BCUT2D eigenvalue weighted by Crippen LogP contribution is -2.36. The molecule has 0 radical (unpaired) electrons. The molecule has 1 rings (SSSR count). The molecular formula is C9H15NO. The molecule has 1 unspecified atom stereocenters. The third-order valence-corrected chi connectivity index (χ3v) is 2.26. The lowest BCUT2D eigenvalue weighted by Gasteiger charge is -2.32. The Morgan fingerprint density at radius 3 is 2.82 bits per heavy atom. The molecule has 0 fully saturated rings. The van der Waals surface area contributed by atoms with Crippen LogP contribution in [0.4, 0.5) is 0 Å². The second kappa shape index (κ2) is 2.68. The van der Waals surface area contributed by atoms with E-state index in [4.69, 9.17) is 4.74 Å². The number of hydrogen-bond donors (Lipinski definition) is 0. The number of aliphatic imine (C=N–C) groups is 1. The van der Waals surface area contributed by atoms with E-state index in [1.54, 1.807) is 6.08 Å². The van der Waals surface area contributed by atoms with Crippen LogP contribution >= 0.6 is 0 Å². The second-order valence-corrected chi connectivity index (χ2v) is 3.52. The molecule has 0 aromatic rings. The summed E-state index contributed by atoms with van der Waals surface area (Å²) in [6, 6.07) is 0. The molecule has 0 aromatic heterocycles. The van der Waals surface area contributed by atoms with Crippen LogP contribution < -0.4 is 0 Å². The minimum absolute atomic E-state index is 0.00176. The normalized spacial score (nSPS) is 28.6. The molecule has 62 valence electrons. The zero-order valence-corrected chi connectivity index (χ0v) is 7.42. The maximum Gasteiger partial charge on any atom is 0.208 e. The summed E-state index contributed by atoms with van der Waals surface area (Å²) in [5, 5.41) is 0. The van der Waals surface area contributed by atoms with Crippen molar-refractivity contribution >= 4 is 5.90 Å². The van der Waals surface area contributed by atoms with Crippen LogP contribution in [-0.2, 0) is 4.74 Å². The Morgan fingerprint density at radius 2 is 2.36 bits per heavy atom. The Hall–Kier alpha value is -0.790. The van der Waals surface area contributed by atoms with E-state index in [1.807, 2.05) is 0 Å². The molecule has 1 aliphatic rings. The van der Waals surface area contributed by atoms with Gasteiger partial charge in [0.1, 0.15) is 0 Å². The molecule has 0 saturated carbocycles. The third-order valence-electron chi connectivity index (χ3n) is 2.26. The van der Waals surface area contributed by atoms with E-state index in [0.29, 0.717) is 11.8 Å². The van der Waals surface area contributed by atoms with E-state index in [2.05, 4.69) is 32.3 Å². The van der Waals surface area contributed by atoms with Gasteiger partial charge in [-0.25, -0.2) is 4.99 Å². The summed E-state index contributed by atoms with van der Waals surface area (Å²) >= 11 is 0. The topological polar surface area (TPSA) is 21.6 Å². The van der Waals surface area contributed by atoms with Gasteiger partial charge >= 0.3 is 0 Å². The Labute approximate surface area is 68.0 Å². The molecule has 1 heterocycles. The van der Waals surface area contributed by atoms with Gasteiger partial charge in [-0.15, -0.1) is 0 Å². The fourth-order valence-electron chi connectivity index (χ4n) is 0.945. The van der Waals surface area contributed by atoms with E-state index >= 15 is 0 Å². The molecule has 0 spiro atoms. The zero-order valence-electron chi connectivity index (χ0n) is 7.42. The number of rotatable bonds is 1.